The van der Waals surface area contributed by atoms with E-state index in [9.17, 15) is 0 Å². The molecular weight excluding hydrogens is 226 g/mol. The number of nitrogens with zero attached hydrogens (tertiary/aromatic N) is 1. The van der Waals surface area contributed by atoms with Crippen LogP contribution >= 0.6 is 0 Å². The highest BCUT2D eigenvalue weighted by atomic mass is 16.3. The molecule has 2 aromatic heterocycles. The van der Waals surface area contributed by atoms with Gasteiger partial charge >= 0.3 is 0 Å². The number of aryl methyl sites for hydroxylation is 2. The minimum atomic E-state index is 0.425. The van der Waals surface area contributed by atoms with Gasteiger partial charge in [-0.15, -0.1) is 0 Å². The Hall–Kier alpha value is -2.07. The lowest BCUT2D eigenvalue weighted by Crippen LogP contribution is -1.97. The van der Waals surface area contributed by atoms with E-state index in [0.717, 1.165) is 39.5 Å². The maximum Gasteiger partial charge on any atom is 0.134 e. The summed E-state index contributed by atoms with van der Waals surface area (Å²) in [6.45, 7) is 4.38. The Kier molecular flexibility index (Phi) is 2.45. The lowest BCUT2D eigenvalue weighted by Gasteiger charge is -1.98. The quantitative estimate of drug-likeness (QED) is 0.724. The first-order valence-electron chi connectivity index (χ1n) is 5.93. The van der Waals surface area contributed by atoms with Crippen molar-refractivity contribution in [2.45, 2.75) is 20.4 Å². The summed E-state index contributed by atoms with van der Waals surface area (Å²) in [7, 11) is 0. The summed E-state index contributed by atoms with van der Waals surface area (Å²) < 4.78 is 5.57. The monoisotopic (exact) mass is 241 g/mol. The van der Waals surface area contributed by atoms with E-state index in [1.165, 1.54) is 0 Å². The van der Waals surface area contributed by atoms with Gasteiger partial charge in [-0.1, -0.05) is 0 Å². The van der Waals surface area contributed by atoms with Gasteiger partial charge in [0.05, 0.1) is 12.2 Å². The predicted octanol–water partition coefficient (Wildman–Crippen LogP) is 2.90. The lowest BCUT2D eigenvalue weighted by atomic mass is 10.1. The number of nitrogens with one attached hydrogen (secondary N) is 1. The van der Waals surface area contributed by atoms with Crippen LogP contribution in [-0.4, -0.2) is 9.97 Å². The summed E-state index contributed by atoms with van der Waals surface area (Å²) in [4.78, 5) is 7.69. The van der Waals surface area contributed by atoms with Crippen LogP contribution in [0.3, 0.4) is 0 Å². The topological polar surface area (TPSA) is 67.8 Å². The molecule has 18 heavy (non-hydrogen) atoms. The molecular formula is C14H15N3O. The minimum absolute atomic E-state index is 0.425. The number of aromatic nitrogens is 2. The van der Waals surface area contributed by atoms with Gasteiger partial charge in [0.25, 0.3) is 0 Å². The molecule has 92 valence electrons. The van der Waals surface area contributed by atoms with Crippen molar-refractivity contribution < 1.29 is 4.42 Å². The van der Waals surface area contributed by atoms with E-state index in [1.807, 2.05) is 32.0 Å². The molecule has 4 heteroatoms. The van der Waals surface area contributed by atoms with Gasteiger partial charge in [-0.2, -0.15) is 0 Å². The maximum atomic E-state index is 5.60. The van der Waals surface area contributed by atoms with Crippen molar-refractivity contribution >= 4 is 11.0 Å². The van der Waals surface area contributed by atoms with Crippen LogP contribution in [-0.2, 0) is 6.54 Å². The van der Waals surface area contributed by atoms with E-state index in [2.05, 4.69) is 16.0 Å². The average molecular weight is 241 g/mol. The number of nitrogens with two attached hydrogens (primary N) is 1. The summed E-state index contributed by atoms with van der Waals surface area (Å²) in [5.41, 5.74) is 9.57. The van der Waals surface area contributed by atoms with Crippen molar-refractivity contribution in [2.24, 2.45) is 5.73 Å². The second-order valence-corrected chi connectivity index (χ2v) is 4.47. The molecule has 0 radical (unpaired) electrons. The molecule has 0 saturated carbocycles. The Morgan fingerprint density at radius 3 is 2.83 bits per heavy atom. The normalized spacial score (nSPS) is 11.3. The number of furan rings is 1. The van der Waals surface area contributed by atoms with E-state index < -0.39 is 0 Å². The molecule has 0 aliphatic heterocycles. The number of aromatic amines is 1. The fourth-order valence-electron chi connectivity index (χ4n) is 2.22. The summed E-state index contributed by atoms with van der Waals surface area (Å²) in [6, 6.07) is 8.13. The first-order chi connectivity index (χ1) is 8.67. The Morgan fingerprint density at radius 2 is 2.11 bits per heavy atom. The molecule has 0 spiro atoms. The van der Waals surface area contributed by atoms with Crippen molar-refractivity contribution in [3.8, 4) is 11.3 Å². The second kappa shape index (κ2) is 3.99. The molecule has 0 saturated heterocycles. The van der Waals surface area contributed by atoms with Crippen LogP contribution in [0.25, 0.3) is 22.2 Å². The highest BCUT2D eigenvalue weighted by Crippen LogP contribution is 2.27. The number of benzene rings is 1. The van der Waals surface area contributed by atoms with Gasteiger partial charge in [-0.05, 0) is 38.1 Å². The molecule has 0 aliphatic carbocycles. The molecule has 0 amide bonds. The first-order valence-corrected chi connectivity index (χ1v) is 5.93. The van der Waals surface area contributed by atoms with Gasteiger partial charge in [0, 0.05) is 16.6 Å². The van der Waals surface area contributed by atoms with Crippen molar-refractivity contribution in [3.05, 3.63) is 41.5 Å². The summed E-state index contributed by atoms with van der Waals surface area (Å²) in [5.74, 6) is 1.73. The Morgan fingerprint density at radius 1 is 1.28 bits per heavy atom. The van der Waals surface area contributed by atoms with E-state index >= 15 is 0 Å². The molecule has 0 unspecified atom stereocenters. The molecule has 0 fully saturated rings. The fraction of sp³-hybridized carbons (Fsp3) is 0.214. The van der Waals surface area contributed by atoms with Crippen molar-refractivity contribution in [2.75, 3.05) is 0 Å². The Balaban J connectivity index is 2.15. The van der Waals surface area contributed by atoms with Crippen molar-refractivity contribution in [1.29, 1.82) is 0 Å². The van der Waals surface area contributed by atoms with E-state index in [0.29, 0.717) is 6.54 Å². The van der Waals surface area contributed by atoms with Crippen LogP contribution < -0.4 is 5.73 Å². The molecule has 3 rings (SSSR count). The third-order valence-corrected chi connectivity index (χ3v) is 3.04. The Bertz CT molecular complexity index is 709. The van der Waals surface area contributed by atoms with Crippen LogP contribution in [0.5, 0.6) is 0 Å². The van der Waals surface area contributed by atoms with E-state index in [1.54, 1.807) is 0 Å². The third-order valence-electron chi connectivity index (χ3n) is 3.04. The molecule has 3 N–H and O–H groups in total. The first kappa shape index (κ1) is 11.0. The molecule has 3 aromatic rings. The number of hydrogen-bond acceptors (Lipinski definition) is 3. The largest absolute Gasteiger partial charge is 0.461 e. The lowest BCUT2D eigenvalue weighted by molar-refractivity contribution is 0.578. The molecule has 2 heterocycles. The van der Waals surface area contributed by atoms with Crippen LogP contribution in [0, 0.1) is 13.8 Å². The third kappa shape index (κ3) is 1.71. The van der Waals surface area contributed by atoms with Gasteiger partial charge in [-0.25, -0.2) is 4.98 Å². The number of H-pyrrole nitrogens is 1. The van der Waals surface area contributed by atoms with Crippen LogP contribution in [0.4, 0.5) is 0 Å². The SMILES string of the molecule is Cc1cc2cc(-c3nc(CN)[nH]c3C)ccc2o1. The number of rotatable bonds is 2. The zero-order valence-electron chi connectivity index (χ0n) is 10.4. The standard InChI is InChI=1S/C14H15N3O/c1-8-5-11-6-10(3-4-12(11)18-8)14-9(2)16-13(7-15)17-14/h3-6H,7,15H2,1-2H3,(H,16,17). The molecule has 4 nitrogen and oxygen atoms in total. The maximum absolute atomic E-state index is 5.60. The van der Waals surface area contributed by atoms with Gasteiger partial charge in [0.2, 0.25) is 0 Å². The fourth-order valence-corrected chi connectivity index (χ4v) is 2.22. The summed E-state index contributed by atoms with van der Waals surface area (Å²) in [6.07, 6.45) is 0. The molecule has 0 atom stereocenters. The number of imidazole rings is 1. The van der Waals surface area contributed by atoms with Crippen molar-refractivity contribution in [1.82, 2.24) is 9.97 Å². The van der Waals surface area contributed by atoms with Crippen LogP contribution in [0.15, 0.2) is 28.7 Å². The molecule has 1 aromatic carbocycles. The van der Waals surface area contributed by atoms with E-state index in [4.69, 9.17) is 10.2 Å². The van der Waals surface area contributed by atoms with Gasteiger partial charge < -0.3 is 15.1 Å². The summed E-state index contributed by atoms with van der Waals surface area (Å²) in [5, 5.41) is 1.10. The smallest absolute Gasteiger partial charge is 0.134 e. The highest BCUT2D eigenvalue weighted by Gasteiger charge is 2.10. The van der Waals surface area contributed by atoms with Gasteiger partial charge in [0.1, 0.15) is 17.2 Å². The van der Waals surface area contributed by atoms with Crippen molar-refractivity contribution in [3.63, 3.8) is 0 Å². The highest BCUT2D eigenvalue weighted by molar-refractivity contribution is 5.83. The zero-order valence-corrected chi connectivity index (χ0v) is 10.4. The van der Waals surface area contributed by atoms with Crippen LogP contribution in [0.1, 0.15) is 17.3 Å². The van der Waals surface area contributed by atoms with E-state index in [-0.39, 0.29) is 0 Å². The second-order valence-electron chi connectivity index (χ2n) is 4.47. The minimum Gasteiger partial charge on any atom is -0.461 e. The number of hydrogen-bond donors (Lipinski definition) is 2. The number of fused-ring (bicyclic) bond motifs is 1. The van der Waals surface area contributed by atoms with Gasteiger partial charge in [0.15, 0.2) is 0 Å². The molecule has 0 aliphatic rings. The average Bonchev–Trinajstić information content (AvgIpc) is 2.89. The van der Waals surface area contributed by atoms with Crippen LogP contribution in [0.2, 0.25) is 0 Å². The molecule has 0 bridgehead atoms. The van der Waals surface area contributed by atoms with Gasteiger partial charge in [-0.3, -0.25) is 0 Å². The Labute approximate surface area is 105 Å². The predicted molar refractivity (Wildman–Crippen MR) is 71.2 cm³/mol. The zero-order chi connectivity index (χ0) is 12.7. The summed E-state index contributed by atoms with van der Waals surface area (Å²) >= 11 is 0.